The third kappa shape index (κ3) is 4.11. The summed E-state index contributed by atoms with van der Waals surface area (Å²) in [5.41, 5.74) is 0.166. The second-order valence-electron chi connectivity index (χ2n) is 5.82. The molecule has 0 aromatic heterocycles. The van der Waals surface area contributed by atoms with Crippen molar-refractivity contribution in [2.45, 2.75) is 64.6 Å². The molecule has 1 rings (SSSR count). The highest BCUT2D eigenvalue weighted by molar-refractivity contribution is 4.94. The van der Waals surface area contributed by atoms with Gasteiger partial charge in [-0.2, -0.15) is 5.26 Å². The van der Waals surface area contributed by atoms with E-state index in [1.165, 1.54) is 19.3 Å². The van der Waals surface area contributed by atoms with Gasteiger partial charge in [-0.05, 0) is 47.1 Å². The van der Waals surface area contributed by atoms with Crippen molar-refractivity contribution in [1.29, 1.82) is 5.26 Å². The maximum absolute atomic E-state index is 9.02. The molecule has 1 fully saturated rings. The van der Waals surface area contributed by atoms with Gasteiger partial charge in [-0.25, -0.2) is 0 Å². The molecule has 92 valence electrons. The second-order valence-corrected chi connectivity index (χ2v) is 5.82. The van der Waals surface area contributed by atoms with Gasteiger partial charge >= 0.3 is 0 Å². The van der Waals surface area contributed by atoms with Gasteiger partial charge in [-0.15, -0.1) is 0 Å². The second kappa shape index (κ2) is 5.65. The molecule has 1 N–H and O–H groups in total. The first-order valence-electron chi connectivity index (χ1n) is 6.34. The summed E-state index contributed by atoms with van der Waals surface area (Å²) >= 11 is 0. The molecule has 1 aliphatic rings. The molecule has 1 aliphatic heterocycles. The Labute approximate surface area is 99.8 Å². The molecule has 2 atom stereocenters. The van der Waals surface area contributed by atoms with Crippen molar-refractivity contribution >= 4 is 0 Å². The van der Waals surface area contributed by atoms with E-state index in [0.717, 1.165) is 13.1 Å². The third-order valence-corrected chi connectivity index (χ3v) is 3.22. The van der Waals surface area contributed by atoms with Gasteiger partial charge in [0.1, 0.15) is 0 Å². The molecule has 0 amide bonds. The lowest BCUT2D eigenvalue weighted by Gasteiger charge is -2.38. The Morgan fingerprint density at radius 3 is 2.69 bits per heavy atom. The summed E-state index contributed by atoms with van der Waals surface area (Å²) < 4.78 is 0. The zero-order chi connectivity index (χ0) is 12.2. The Kier molecular flexibility index (Phi) is 4.76. The number of nitrogens with one attached hydrogen (secondary N) is 1. The van der Waals surface area contributed by atoms with Crippen LogP contribution in [-0.2, 0) is 0 Å². The zero-order valence-corrected chi connectivity index (χ0v) is 11.1. The number of piperidine rings is 1. The van der Waals surface area contributed by atoms with Crippen LogP contribution < -0.4 is 5.32 Å². The summed E-state index contributed by atoms with van der Waals surface area (Å²) in [6.07, 6.45) is 3.75. The fraction of sp³-hybridized carbons (Fsp3) is 0.923. The molecular weight excluding hydrogens is 198 g/mol. The normalized spacial score (nSPS) is 25.1. The Morgan fingerprint density at radius 2 is 2.12 bits per heavy atom. The SMILES string of the molecule is CC(C#N)N1CCCCC1CNC(C)(C)C. The molecule has 1 heterocycles. The van der Waals surface area contributed by atoms with Crippen molar-refractivity contribution in [3.05, 3.63) is 0 Å². The number of hydrogen-bond acceptors (Lipinski definition) is 3. The number of rotatable bonds is 3. The molecule has 3 nitrogen and oxygen atoms in total. The van der Waals surface area contributed by atoms with Crippen molar-refractivity contribution in [3.8, 4) is 6.07 Å². The smallest absolute Gasteiger partial charge is 0.0952 e. The van der Waals surface area contributed by atoms with Gasteiger partial charge in [0.25, 0.3) is 0 Å². The molecule has 0 aliphatic carbocycles. The lowest BCUT2D eigenvalue weighted by atomic mass is 9.99. The van der Waals surface area contributed by atoms with Crippen LogP contribution in [0.2, 0.25) is 0 Å². The molecule has 0 bridgehead atoms. The fourth-order valence-corrected chi connectivity index (χ4v) is 2.25. The van der Waals surface area contributed by atoms with Gasteiger partial charge in [-0.3, -0.25) is 4.90 Å². The van der Waals surface area contributed by atoms with E-state index < -0.39 is 0 Å². The Hall–Kier alpha value is -0.590. The number of nitriles is 1. The molecule has 0 spiro atoms. The van der Waals surface area contributed by atoms with Gasteiger partial charge in [0.05, 0.1) is 12.1 Å². The van der Waals surface area contributed by atoms with Gasteiger partial charge in [0.15, 0.2) is 0 Å². The standard InChI is InChI=1S/C13H25N3/c1-11(9-14)16-8-6-5-7-12(16)10-15-13(2,3)4/h11-12,15H,5-8,10H2,1-4H3. The average molecular weight is 223 g/mol. The van der Waals surface area contributed by atoms with Crippen LogP contribution in [-0.4, -0.2) is 35.6 Å². The van der Waals surface area contributed by atoms with Crippen molar-refractivity contribution in [2.75, 3.05) is 13.1 Å². The quantitative estimate of drug-likeness (QED) is 0.796. The monoisotopic (exact) mass is 223 g/mol. The van der Waals surface area contributed by atoms with E-state index >= 15 is 0 Å². The maximum Gasteiger partial charge on any atom is 0.0952 e. The summed E-state index contributed by atoms with van der Waals surface area (Å²) in [4.78, 5) is 2.35. The minimum Gasteiger partial charge on any atom is -0.311 e. The van der Waals surface area contributed by atoms with E-state index in [4.69, 9.17) is 5.26 Å². The predicted molar refractivity (Wildman–Crippen MR) is 67.2 cm³/mol. The molecule has 0 aromatic carbocycles. The lowest BCUT2D eigenvalue weighted by Crippen LogP contribution is -2.52. The highest BCUT2D eigenvalue weighted by Gasteiger charge is 2.27. The Bertz CT molecular complexity index is 249. The van der Waals surface area contributed by atoms with Crippen LogP contribution in [0.25, 0.3) is 0 Å². The highest BCUT2D eigenvalue weighted by Crippen LogP contribution is 2.19. The number of hydrogen-bond donors (Lipinski definition) is 1. The lowest BCUT2D eigenvalue weighted by molar-refractivity contribution is 0.120. The molecule has 1 saturated heterocycles. The van der Waals surface area contributed by atoms with Crippen LogP contribution >= 0.6 is 0 Å². The van der Waals surface area contributed by atoms with E-state index in [-0.39, 0.29) is 11.6 Å². The fourth-order valence-electron chi connectivity index (χ4n) is 2.25. The minimum atomic E-state index is 0.0482. The first kappa shape index (κ1) is 13.5. The van der Waals surface area contributed by atoms with Crippen LogP contribution in [0.5, 0.6) is 0 Å². The summed E-state index contributed by atoms with van der Waals surface area (Å²) in [6, 6.07) is 2.94. The van der Waals surface area contributed by atoms with Gasteiger partial charge in [-0.1, -0.05) is 6.42 Å². The zero-order valence-electron chi connectivity index (χ0n) is 11.1. The maximum atomic E-state index is 9.02. The Balaban J connectivity index is 2.51. The first-order chi connectivity index (χ1) is 7.44. The average Bonchev–Trinajstić information content (AvgIpc) is 2.25. The number of likely N-dealkylation sites (tertiary alicyclic amines) is 1. The van der Waals surface area contributed by atoms with Crippen LogP contribution in [0.3, 0.4) is 0 Å². The molecule has 3 heteroatoms. The summed E-state index contributed by atoms with van der Waals surface area (Å²) in [5, 5.41) is 12.6. The first-order valence-corrected chi connectivity index (χ1v) is 6.34. The topological polar surface area (TPSA) is 39.1 Å². The molecular formula is C13H25N3. The molecule has 0 saturated carbocycles. The summed E-state index contributed by atoms with van der Waals surface area (Å²) in [7, 11) is 0. The van der Waals surface area contributed by atoms with Crippen molar-refractivity contribution in [3.63, 3.8) is 0 Å². The van der Waals surface area contributed by atoms with Gasteiger partial charge in [0, 0.05) is 18.1 Å². The minimum absolute atomic E-state index is 0.0482. The summed E-state index contributed by atoms with van der Waals surface area (Å²) in [6.45, 7) is 10.6. The molecule has 16 heavy (non-hydrogen) atoms. The van der Waals surface area contributed by atoms with E-state index in [9.17, 15) is 0 Å². The van der Waals surface area contributed by atoms with Crippen LogP contribution in [0.15, 0.2) is 0 Å². The Morgan fingerprint density at radius 1 is 1.44 bits per heavy atom. The van der Waals surface area contributed by atoms with E-state index in [0.29, 0.717) is 6.04 Å². The van der Waals surface area contributed by atoms with Crippen molar-refractivity contribution in [1.82, 2.24) is 10.2 Å². The van der Waals surface area contributed by atoms with Crippen LogP contribution in [0, 0.1) is 11.3 Å². The number of nitrogens with zero attached hydrogens (tertiary/aromatic N) is 2. The van der Waals surface area contributed by atoms with Gasteiger partial charge < -0.3 is 5.32 Å². The van der Waals surface area contributed by atoms with Crippen molar-refractivity contribution < 1.29 is 0 Å². The molecule has 2 unspecified atom stereocenters. The van der Waals surface area contributed by atoms with E-state index in [1.54, 1.807) is 0 Å². The van der Waals surface area contributed by atoms with E-state index in [1.807, 2.05) is 6.92 Å². The molecule has 0 radical (unpaired) electrons. The largest absolute Gasteiger partial charge is 0.311 e. The third-order valence-electron chi connectivity index (χ3n) is 3.22. The van der Waals surface area contributed by atoms with Crippen LogP contribution in [0.1, 0.15) is 47.0 Å². The summed E-state index contributed by atoms with van der Waals surface area (Å²) in [5.74, 6) is 0. The van der Waals surface area contributed by atoms with Crippen LogP contribution in [0.4, 0.5) is 0 Å². The van der Waals surface area contributed by atoms with Crippen molar-refractivity contribution in [2.24, 2.45) is 0 Å². The highest BCUT2D eigenvalue weighted by atomic mass is 15.2. The van der Waals surface area contributed by atoms with Gasteiger partial charge in [0.2, 0.25) is 0 Å². The van der Waals surface area contributed by atoms with E-state index in [2.05, 4.69) is 37.1 Å². The molecule has 0 aromatic rings. The predicted octanol–water partition coefficient (Wildman–Crippen LogP) is 2.14.